The van der Waals surface area contributed by atoms with Crippen molar-refractivity contribution in [1.29, 1.82) is 0 Å². The first-order chi connectivity index (χ1) is 13.3. The van der Waals surface area contributed by atoms with Gasteiger partial charge in [-0.3, -0.25) is 14.7 Å². The minimum Gasteiger partial charge on any atom is -0.361 e. The number of H-pyrrole nitrogens is 1. The monoisotopic (exact) mass is 367 g/mol. The fourth-order valence-electron chi connectivity index (χ4n) is 4.01. The van der Waals surface area contributed by atoms with E-state index in [1.807, 2.05) is 23.6 Å². The van der Waals surface area contributed by atoms with Gasteiger partial charge in [-0.25, -0.2) is 5.06 Å². The highest BCUT2D eigenvalue weighted by molar-refractivity contribution is 5.83. The standard InChI is InChI=1S/C21H29N5O/c1-27-26-12-6-10-22-21(26)25-15-13-24(14-16-25)11-5-4-7-18-17-23-20-9-3-2-8-19(18)20/h2-3,6,8-10,12,17,21,23H,4-5,7,11,13-16H2,1H3. The maximum absolute atomic E-state index is 5.40. The minimum absolute atomic E-state index is 0.0241. The van der Waals surface area contributed by atoms with Crippen molar-refractivity contribution in [3.63, 3.8) is 0 Å². The Morgan fingerprint density at radius 2 is 2.00 bits per heavy atom. The van der Waals surface area contributed by atoms with Gasteiger partial charge in [-0.15, -0.1) is 0 Å². The summed E-state index contributed by atoms with van der Waals surface area (Å²) in [5.74, 6) is 0. The summed E-state index contributed by atoms with van der Waals surface area (Å²) in [5.41, 5.74) is 2.69. The van der Waals surface area contributed by atoms with Crippen molar-refractivity contribution >= 4 is 17.1 Å². The topological polar surface area (TPSA) is 47.1 Å². The Kier molecular flexibility index (Phi) is 5.87. The van der Waals surface area contributed by atoms with Crippen LogP contribution in [0, 0.1) is 0 Å². The maximum atomic E-state index is 5.40. The van der Waals surface area contributed by atoms with Crippen LogP contribution >= 0.6 is 0 Å². The number of hydrogen-bond donors (Lipinski definition) is 1. The van der Waals surface area contributed by atoms with Crippen molar-refractivity contribution in [1.82, 2.24) is 19.8 Å². The molecule has 144 valence electrons. The van der Waals surface area contributed by atoms with Crippen LogP contribution in [0.5, 0.6) is 0 Å². The van der Waals surface area contributed by atoms with E-state index in [2.05, 4.69) is 50.2 Å². The van der Waals surface area contributed by atoms with Gasteiger partial charge in [0.05, 0.1) is 7.11 Å². The van der Waals surface area contributed by atoms with Crippen molar-refractivity contribution in [2.45, 2.75) is 25.6 Å². The molecular weight excluding hydrogens is 338 g/mol. The predicted octanol–water partition coefficient (Wildman–Crippen LogP) is 2.85. The first kappa shape index (κ1) is 18.2. The van der Waals surface area contributed by atoms with Crippen molar-refractivity contribution in [2.75, 3.05) is 39.8 Å². The number of aliphatic imine (C=N–C) groups is 1. The number of nitrogens with zero attached hydrogens (tertiary/aromatic N) is 4. The summed E-state index contributed by atoms with van der Waals surface area (Å²) in [6, 6.07) is 8.57. The van der Waals surface area contributed by atoms with Gasteiger partial charge in [-0.2, -0.15) is 0 Å². The van der Waals surface area contributed by atoms with Gasteiger partial charge < -0.3 is 9.88 Å². The number of fused-ring (bicyclic) bond motifs is 1. The summed E-state index contributed by atoms with van der Waals surface area (Å²) in [6.07, 6.45) is 11.5. The van der Waals surface area contributed by atoms with Crippen LogP contribution in [-0.4, -0.2) is 72.2 Å². The molecule has 4 rings (SSSR count). The first-order valence-electron chi connectivity index (χ1n) is 9.89. The number of allylic oxidation sites excluding steroid dienone is 1. The molecule has 0 aliphatic carbocycles. The molecule has 6 nitrogen and oxygen atoms in total. The fourth-order valence-corrected chi connectivity index (χ4v) is 4.01. The summed E-state index contributed by atoms with van der Waals surface area (Å²) in [6.45, 7) is 5.43. The van der Waals surface area contributed by atoms with Crippen LogP contribution in [0.3, 0.4) is 0 Å². The van der Waals surface area contributed by atoms with Crippen LogP contribution in [0.1, 0.15) is 18.4 Å². The highest BCUT2D eigenvalue weighted by Gasteiger charge is 2.27. The third kappa shape index (κ3) is 4.24. The smallest absolute Gasteiger partial charge is 0.201 e. The van der Waals surface area contributed by atoms with Crippen LogP contribution in [0.15, 0.2) is 47.7 Å². The average molecular weight is 367 g/mol. The van der Waals surface area contributed by atoms with Crippen LogP contribution < -0.4 is 0 Å². The summed E-state index contributed by atoms with van der Waals surface area (Å²) in [4.78, 5) is 18.3. The van der Waals surface area contributed by atoms with Crippen LogP contribution in [0.4, 0.5) is 0 Å². The molecule has 1 atom stereocenters. The van der Waals surface area contributed by atoms with Crippen LogP contribution in [0.25, 0.3) is 10.9 Å². The quantitative estimate of drug-likeness (QED) is 0.765. The number of rotatable bonds is 7. The zero-order valence-electron chi connectivity index (χ0n) is 16.1. The molecule has 0 radical (unpaired) electrons. The molecule has 1 aromatic carbocycles. The number of hydroxylamine groups is 2. The summed E-state index contributed by atoms with van der Waals surface area (Å²) >= 11 is 0. The van der Waals surface area contributed by atoms with E-state index in [1.54, 1.807) is 7.11 Å². The van der Waals surface area contributed by atoms with Gasteiger partial charge in [0.1, 0.15) is 0 Å². The van der Waals surface area contributed by atoms with E-state index < -0.39 is 0 Å². The number of unbranched alkanes of at least 4 members (excludes halogenated alkanes) is 1. The molecular formula is C21H29N5O. The molecule has 2 aliphatic heterocycles. The van der Waals surface area contributed by atoms with Gasteiger partial charge in [0.15, 0.2) is 0 Å². The van der Waals surface area contributed by atoms with E-state index in [-0.39, 0.29) is 6.29 Å². The van der Waals surface area contributed by atoms with Gasteiger partial charge in [0, 0.05) is 55.7 Å². The molecule has 1 fully saturated rings. The summed E-state index contributed by atoms with van der Waals surface area (Å²) in [7, 11) is 1.70. The van der Waals surface area contributed by atoms with Gasteiger partial charge in [-0.1, -0.05) is 18.2 Å². The third-order valence-corrected chi connectivity index (χ3v) is 5.56. The highest BCUT2D eigenvalue weighted by Crippen LogP contribution is 2.20. The molecule has 0 spiro atoms. The van der Waals surface area contributed by atoms with Gasteiger partial charge >= 0.3 is 0 Å². The second kappa shape index (κ2) is 8.69. The van der Waals surface area contributed by atoms with Crippen molar-refractivity contribution in [3.05, 3.63) is 48.3 Å². The second-order valence-electron chi connectivity index (χ2n) is 7.22. The average Bonchev–Trinajstić information content (AvgIpc) is 3.15. The fraction of sp³-hybridized carbons (Fsp3) is 0.476. The van der Waals surface area contributed by atoms with E-state index in [0.29, 0.717) is 0 Å². The lowest BCUT2D eigenvalue weighted by Crippen LogP contribution is -2.54. The molecule has 1 saturated heterocycles. The number of aromatic nitrogens is 1. The Hall–Kier alpha value is -2.15. The van der Waals surface area contributed by atoms with Gasteiger partial charge in [0.2, 0.25) is 6.29 Å². The molecule has 0 saturated carbocycles. The number of para-hydroxylation sites is 1. The van der Waals surface area contributed by atoms with Gasteiger partial charge in [-0.05, 0) is 43.5 Å². The molecule has 0 amide bonds. The van der Waals surface area contributed by atoms with Crippen molar-refractivity contribution < 1.29 is 4.84 Å². The number of aryl methyl sites for hydroxylation is 1. The molecule has 0 bridgehead atoms. The number of benzene rings is 1. The van der Waals surface area contributed by atoms with E-state index in [9.17, 15) is 0 Å². The molecule has 1 aromatic heterocycles. The normalized spacial score (nSPS) is 21.4. The van der Waals surface area contributed by atoms with E-state index in [4.69, 9.17) is 4.84 Å². The molecule has 6 heteroatoms. The van der Waals surface area contributed by atoms with Crippen molar-refractivity contribution in [2.24, 2.45) is 4.99 Å². The van der Waals surface area contributed by atoms with E-state index in [0.717, 1.165) is 32.6 Å². The van der Waals surface area contributed by atoms with Gasteiger partial charge in [0.25, 0.3) is 0 Å². The number of hydrogen-bond acceptors (Lipinski definition) is 5. The number of aromatic amines is 1. The maximum Gasteiger partial charge on any atom is 0.201 e. The van der Waals surface area contributed by atoms with Crippen LogP contribution in [-0.2, 0) is 11.3 Å². The highest BCUT2D eigenvalue weighted by atomic mass is 16.7. The Labute approximate surface area is 161 Å². The predicted molar refractivity (Wildman–Crippen MR) is 110 cm³/mol. The zero-order chi connectivity index (χ0) is 18.5. The van der Waals surface area contributed by atoms with Crippen LogP contribution in [0.2, 0.25) is 0 Å². The molecule has 2 aliphatic rings. The Morgan fingerprint density at radius 1 is 1.15 bits per heavy atom. The van der Waals surface area contributed by atoms with Crippen molar-refractivity contribution in [3.8, 4) is 0 Å². The molecule has 3 heterocycles. The lowest BCUT2D eigenvalue weighted by atomic mass is 10.1. The lowest BCUT2D eigenvalue weighted by Gasteiger charge is -2.41. The minimum atomic E-state index is -0.0241. The Bertz CT molecular complexity index is 791. The largest absolute Gasteiger partial charge is 0.361 e. The van der Waals surface area contributed by atoms with E-state index >= 15 is 0 Å². The Balaban J connectivity index is 1.19. The molecule has 2 aromatic rings. The first-order valence-corrected chi connectivity index (χ1v) is 9.89. The number of piperazine rings is 1. The lowest BCUT2D eigenvalue weighted by molar-refractivity contribution is -0.165. The third-order valence-electron chi connectivity index (χ3n) is 5.56. The SMILES string of the molecule is CON1C=CC=NC1N1CCN(CCCCc2c[nH]c3ccccc23)CC1. The molecule has 1 unspecified atom stereocenters. The Morgan fingerprint density at radius 3 is 2.85 bits per heavy atom. The second-order valence-corrected chi connectivity index (χ2v) is 7.22. The molecule has 1 N–H and O–H groups in total. The summed E-state index contributed by atoms with van der Waals surface area (Å²) < 4.78 is 0. The molecule has 27 heavy (non-hydrogen) atoms. The zero-order valence-corrected chi connectivity index (χ0v) is 16.1. The number of nitrogens with one attached hydrogen (secondary N) is 1. The summed E-state index contributed by atoms with van der Waals surface area (Å²) in [5, 5.41) is 3.19. The van der Waals surface area contributed by atoms with E-state index in [1.165, 1.54) is 35.9 Å².